The highest BCUT2D eigenvalue weighted by Gasteiger charge is 2.57. The second-order valence-electron chi connectivity index (χ2n) is 7.36. The van der Waals surface area contributed by atoms with Crippen LogP contribution >= 0.6 is 0 Å². The summed E-state index contributed by atoms with van der Waals surface area (Å²) in [6, 6.07) is 8.78. The van der Waals surface area contributed by atoms with Crippen LogP contribution in [0.3, 0.4) is 0 Å². The lowest BCUT2D eigenvalue weighted by Crippen LogP contribution is -2.37. The highest BCUT2D eigenvalue weighted by Crippen LogP contribution is 2.61. The highest BCUT2D eigenvalue weighted by molar-refractivity contribution is 5.73. The van der Waals surface area contributed by atoms with Gasteiger partial charge in [-0.1, -0.05) is 24.3 Å². The summed E-state index contributed by atoms with van der Waals surface area (Å²) in [7, 11) is 0. The van der Waals surface area contributed by atoms with E-state index < -0.39 is 0 Å². The maximum Gasteiger partial charge on any atom is 0.314 e. The van der Waals surface area contributed by atoms with Crippen molar-refractivity contribution < 1.29 is 4.79 Å². The van der Waals surface area contributed by atoms with Gasteiger partial charge in [0.2, 0.25) is 0 Å². The summed E-state index contributed by atoms with van der Waals surface area (Å²) in [6.07, 6.45) is 11.3. The Hall–Kier alpha value is -2.30. The number of carbonyl (C=O) groups is 1. The summed E-state index contributed by atoms with van der Waals surface area (Å²) in [5.41, 5.74) is 3.39. The van der Waals surface area contributed by atoms with Crippen molar-refractivity contribution in [1.29, 1.82) is 0 Å². The van der Waals surface area contributed by atoms with E-state index in [9.17, 15) is 4.79 Å². The van der Waals surface area contributed by atoms with E-state index in [4.69, 9.17) is 0 Å². The van der Waals surface area contributed by atoms with Crippen molar-refractivity contribution in [1.82, 2.24) is 20.2 Å². The fourth-order valence-electron chi connectivity index (χ4n) is 4.32. The van der Waals surface area contributed by atoms with Gasteiger partial charge < -0.3 is 15.2 Å². The minimum atomic E-state index is -0.0315. The maximum absolute atomic E-state index is 12.0. The van der Waals surface area contributed by atoms with Crippen LogP contribution in [-0.2, 0) is 18.4 Å². The second kappa shape index (κ2) is 6.90. The van der Waals surface area contributed by atoms with E-state index in [1.807, 2.05) is 12.5 Å². The molecular weight excluding hydrogens is 312 g/mol. The number of hydrogen-bond donors (Lipinski definition) is 2. The largest absolute Gasteiger partial charge is 0.338 e. The van der Waals surface area contributed by atoms with Crippen LogP contribution in [0.15, 0.2) is 43.0 Å². The fraction of sp³-hybridized carbons (Fsp3) is 0.500. The van der Waals surface area contributed by atoms with Crippen LogP contribution in [0.25, 0.3) is 0 Å². The summed E-state index contributed by atoms with van der Waals surface area (Å²) in [5.74, 6) is 0.600. The van der Waals surface area contributed by atoms with Crippen LogP contribution in [0.1, 0.15) is 36.8 Å². The summed E-state index contributed by atoms with van der Waals surface area (Å²) in [4.78, 5) is 16.0. The fourth-order valence-corrected chi connectivity index (χ4v) is 4.32. The Morgan fingerprint density at radius 1 is 1.28 bits per heavy atom. The van der Waals surface area contributed by atoms with Crippen molar-refractivity contribution in [3.63, 3.8) is 0 Å². The van der Waals surface area contributed by atoms with E-state index in [-0.39, 0.29) is 6.03 Å². The summed E-state index contributed by atoms with van der Waals surface area (Å²) in [5, 5.41) is 6.03. The van der Waals surface area contributed by atoms with Gasteiger partial charge in [-0.05, 0) is 49.1 Å². The van der Waals surface area contributed by atoms with E-state index >= 15 is 0 Å². The Kier molecular flexibility index (Phi) is 4.47. The minimum absolute atomic E-state index is 0.0315. The topological polar surface area (TPSA) is 59.0 Å². The maximum atomic E-state index is 12.0. The van der Waals surface area contributed by atoms with Crippen LogP contribution < -0.4 is 10.6 Å². The molecule has 1 aromatic heterocycles. The molecular formula is C20H26N4O. The molecule has 1 spiro atoms. The Morgan fingerprint density at radius 3 is 3.08 bits per heavy atom. The van der Waals surface area contributed by atoms with Crippen molar-refractivity contribution in [2.24, 2.45) is 5.92 Å². The number of nitrogens with zero attached hydrogens (tertiary/aromatic N) is 2. The zero-order chi connectivity index (χ0) is 17.1. The van der Waals surface area contributed by atoms with Gasteiger partial charge in [-0.15, -0.1) is 0 Å². The van der Waals surface area contributed by atoms with Crippen LogP contribution in [0.2, 0.25) is 0 Å². The normalized spacial score (nSPS) is 23.4. The smallest absolute Gasteiger partial charge is 0.314 e. The number of imidazole rings is 1. The molecule has 2 N–H and O–H groups in total. The first-order valence-corrected chi connectivity index (χ1v) is 9.34. The monoisotopic (exact) mass is 338 g/mol. The van der Waals surface area contributed by atoms with E-state index in [1.165, 1.54) is 30.4 Å². The number of benzene rings is 1. The third-order valence-electron chi connectivity index (χ3n) is 5.82. The molecule has 0 unspecified atom stereocenters. The average molecular weight is 338 g/mol. The molecule has 5 heteroatoms. The number of urea groups is 1. The minimum Gasteiger partial charge on any atom is -0.338 e. The zero-order valence-corrected chi connectivity index (χ0v) is 14.6. The van der Waals surface area contributed by atoms with Gasteiger partial charge in [-0.3, -0.25) is 0 Å². The van der Waals surface area contributed by atoms with Crippen molar-refractivity contribution in [2.45, 2.75) is 44.1 Å². The number of amides is 2. The Balaban J connectivity index is 1.14. The van der Waals surface area contributed by atoms with Crippen molar-refractivity contribution >= 4 is 6.03 Å². The van der Waals surface area contributed by atoms with Gasteiger partial charge in [-0.2, -0.15) is 0 Å². The van der Waals surface area contributed by atoms with Gasteiger partial charge in [-0.25, -0.2) is 9.78 Å². The zero-order valence-electron chi connectivity index (χ0n) is 14.6. The summed E-state index contributed by atoms with van der Waals surface area (Å²) >= 11 is 0. The molecule has 2 aliphatic carbocycles. The molecule has 5 nitrogen and oxygen atoms in total. The first-order chi connectivity index (χ1) is 12.3. The Bertz CT molecular complexity index is 727. The summed E-state index contributed by atoms with van der Waals surface area (Å²) in [6.45, 7) is 2.46. The number of carbonyl (C=O) groups excluding carboxylic acids is 1. The van der Waals surface area contributed by atoms with Crippen molar-refractivity contribution in [3.8, 4) is 0 Å². The van der Waals surface area contributed by atoms with E-state index in [0.29, 0.717) is 11.3 Å². The lowest BCUT2D eigenvalue weighted by atomic mass is 9.95. The van der Waals surface area contributed by atoms with Crippen LogP contribution in [-0.4, -0.2) is 28.7 Å². The molecule has 0 radical (unpaired) electrons. The Labute approximate surface area is 148 Å². The number of fused-ring (bicyclic) bond motifs is 2. The SMILES string of the molecule is O=C(NCCCCn1ccnc1)NC[C@H]1C[C@]12CCc1ccccc12. The number of aryl methyl sites for hydroxylation is 2. The van der Waals surface area contributed by atoms with Gasteiger partial charge in [0.15, 0.2) is 0 Å². The number of unbranched alkanes of at least 4 members (excludes halogenated alkanes) is 1. The lowest BCUT2D eigenvalue weighted by molar-refractivity contribution is 0.240. The molecule has 2 atom stereocenters. The predicted molar refractivity (Wildman–Crippen MR) is 97.4 cm³/mol. The third-order valence-corrected chi connectivity index (χ3v) is 5.82. The van der Waals surface area contributed by atoms with Crippen LogP contribution in [0.4, 0.5) is 4.79 Å². The van der Waals surface area contributed by atoms with Gasteiger partial charge in [0.25, 0.3) is 0 Å². The number of aromatic nitrogens is 2. The highest BCUT2D eigenvalue weighted by atomic mass is 16.2. The standard InChI is InChI=1S/C20H26N4O/c25-19(22-9-3-4-11-24-12-10-21-15-24)23-14-17-13-20(17)8-7-16-5-1-2-6-18(16)20/h1-2,5-6,10,12,15,17H,3-4,7-9,11,13-14H2,(H2,22,23,25)/t17-,20-/m1/s1. The molecule has 1 heterocycles. The van der Waals surface area contributed by atoms with E-state index in [1.54, 1.807) is 6.20 Å². The molecule has 132 valence electrons. The number of hydrogen-bond acceptors (Lipinski definition) is 2. The molecule has 0 aliphatic heterocycles. The third kappa shape index (κ3) is 3.41. The predicted octanol–water partition coefficient (Wildman–Crippen LogP) is 2.87. The molecule has 1 fully saturated rings. The van der Waals surface area contributed by atoms with Crippen LogP contribution in [0.5, 0.6) is 0 Å². The number of nitrogens with one attached hydrogen (secondary N) is 2. The molecule has 1 saturated carbocycles. The van der Waals surface area contributed by atoms with Crippen molar-refractivity contribution in [2.75, 3.05) is 13.1 Å². The molecule has 2 amide bonds. The number of rotatable bonds is 7. The molecule has 0 saturated heterocycles. The molecule has 4 rings (SSSR count). The van der Waals surface area contributed by atoms with E-state index in [2.05, 4.69) is 44.5 Å². The van der Waals surface area contributed by atoms with Gasteiger partial charge >= 0.3 is 6.03 Å². The van der Waals surface area contributed by atoms with Gasteiger partial charge in [0, 0.05) is 37.4 Å². The second-order valence-corrected chi connectivity index (χ2v) is 7.36. The Morgan fingerprint density at radius 2 is 2.20 bits per heavy atom. The molecule has 0 bridgehead atoms. The lowest BCUT2D eigenvalue weighted by Gasteiger charge is -2.12. The van der Waals surface area contributed by atoms with Gasteiger partial charge in [0.1, 0.15) is 0 Å². The summed E-state index contributed by atoms with van der Waals surface area (Å²) < 4.78 is 2.06. The first-order valence-electron chi connectivity index (χ1n) is 9.34. The average Bonchev–Trinajstić information content (AvgIpc) is 2.96. The van der Waals surface area contributed by atoms with E-state index in [0.717, 1.165) is 32.5 Å². The van der Waals surface area contributed by atoms with Crippen LogP contribution in [0, 0.1) is 5.92 Å². The van der Waals surface area contributed by atoms with Crippen molar-refractivity contribution in [3.05, 3.63) is 54.1 Å². The quantitative estimate of drug-likeness (QED) is 0.763. The van der Waals surface area contributed by atoms with Gasteiger partial charge in [0.05, 0.1) is 6.33 Å². The molecule has 2 aromatic rings. The molecule has 1 aromatic carbocycles. The molecule has 25 heavy (non-hydrogen) atoms. The molecule has 2 aliphatic rings. The first kappa shape index (κ1) is 16.2.